The van der Waals surface area contributed by atoms with Gasteiger partial charge in [-0.1, -0.05) is 62.4 Å². The number of fused-ring (bicyclic) bond motifs is 3. The van der Waals surface area contributed by atoms with Gasteiger partial charge in [0, 0.05) is 18.9 Å². The Bertz CT molecular complexity index is 1050. The van der Waals surface area contributed by atoms with Gasteiger partial charge in [-0.2, -0.15) is 0 Å². The normalized spacial score (nSPS) is 16.9. The predicted octanol–water partition coefficient (Wildman–Crippen LogP) is 2.85. The molecule has 0 bridgehead atoms. The molecule has 2 amide bonds. The third kappa shape index (κ3) is 4.63. The smallest absolute Gasteiger partial charge is 0.407 e. The van der Waals surface area contributed by atoms with Crippen molar-refractivity contribution in [3.63, 3.8) is 0 Å². The van der Waals surface area contributed by atoms with Gasteiger partial charge in [0.05, 0.1) is 13.1 Å². The lowest BCUT2D eigenvalue weighted by molar-refractivity contribution is -0.182. The molecule has 1 saturated heterocycles. The van der Waals surface area contributed by atoms with E-state index in [1.807, 2.05) is 38.1 Å². The maximum Gasteiger partial charge on any atom is 0.407 e. The first kappa shape index (κ1) is 23.8. The summed E-state index contributed by atoms with van der Waals surface area (Å²) in [6, 6.07) is 16.2. The number of aliphatic hydroxyl groups is 1. The van der Waals surface area contributed by atoms with Gasteiger partial charge in [0.2, 0.25) is 5.91 Å². The molecule has 1 heterocycles. The summed E-state index contributed by atoms with van der Waals surface area (Å²) in [7, 11) is 0. The fourth-order valence-electron chi connectivity index (χ4n) is 4.66. The molecule has 180 valence electrons. The molecule has 1 aliphatic carbocycles. The van der Waals surface area contributed by atoms with Crippen molar-refractivity contribution in [1.29, 1.82) is 0 Å². The summed E-state index contributed by atoms with van der Waals surface area (Å²) >= 11 is 0. The third-order valence-corrected chi connectivity index (χ3v) is 6.89. The quantitative estimate of drug-likeness (QED) is 0.551. The van der Waals surface area contributed by atoms with Crippen LogP contribution in [0.2, 0.25) is 0 Å². The number of rotatable bonds is 8. The van der Waals surface area contributed by atoms with Gasteiger partial charge in [-0.05, 0) is 34.1 Å². The number of carboxylic acids is 1. The van der Waals surface area contributed by atoms with Crippen LogP contribution in [0.25, 0.3) is 11.1 Å². The van der Waals surface area contributed by atoms with Crippen molar-refractivity contribution in [2.45, 2.75) is 31.8 Å². The number of aliphatic carboxylic acids is 1. The zero-order valence-electron chi connectivity index (χ0n) is 19.4. The molecule has 34 heavy (non-hydrogen) atoms. The van der Waals surface area contributed by atoms with E-state index in [1.54, 1.807) is 0 Å². The minimum absolute atomic E-state index is 0.0278. The predicted molar refractivity (Wildman–Crippen MR) is 125 cm³/mol. The van der Waals surface area contributed by atoms with E-state index in [1.165, 1.54) is 4.90 Å². The van der Waals surface area contributed by atoms with Crippen molar-refractivity contribution in [3.8, 4) is 11.1 Å². The highest BCUT2D eigenvalue weighted by atomic mass is 16.5. The second-order valence-electron chi connectivity index (χ2n) is 9.50. The molecular weight excluding hydrogens is 436 g/mol. The van der Waals surface area contributed by atoms with Gasteiger partial charge in [-0.3, -0.25) is 4.79 Å². The number of alkyl carbamates (subject to hydrolysis) is 1. The van der Waals surface area contributed by atoms with Crippen LogP contribution in [0, 0.1) is 11.8 Å². The van der Waals surface area contributed by atoms with Crippen LogP contribution >= 0.6 is 0 Å². The monoisotopic (exact) mass is 466 g/mol. The van der Waals surface area contributed by atoms with Crippen LogP contribution in [0.1, 0.15) is 37.3 Å². The van der Waals surface area contributed by atoms with Gasteiger partial charge in [0.1, 0.15) is 6.61 Å². The van der Waals surface area contributed by atoms with Gasteiger partial charge in [0.15, 0.2) is 5.60 Å². The summed E-state index contributed by atoms with van der Waals surface area (Å²) < 4.78 is 5.56. The molecule has 0 saturated carbocycles. The number of nitrogens with one attached hydrogen (secondary N) is 1. The van der Waals surface area contributed by atoms with Gasteiger partial charge < -0.3 is 25.2 Å². The fraction of sp³-hybridized carbons (Fsp3) is 0.423. The third-order valence-electron chi connectivity index (χ3n) is 6.89. The number of carboxylic acid groups (broad SMARTS) is 1. The molecule has 4 rings (SSSR count). The largest absolute Gasteiger partial charge is 0.479 e. The topological polar surface area (TPSA) is 116 Å². The van der Waals surface area contributed by atoms with E-state index in [2.05, 4.69) is 29.6 Å². The Hall–Kier alpha value is -3.39. The summed E-state index contributed by atoms with van der Waals surface area (Å²) in [6.07, 6.45) is -0.388. The van der Waals surface area contributed by atoms with E-state index in [0.29, 0.717) is 0 Å². The van der Waals surface area contributed by atoms with E-state index in [4.69, 9.17) is 9.84 Å². The molecule has 1 fully saturated rings. The van der Waals surface area contributed by atoms with Crippen LogP contribution in [-0.2, 0) is 14.3 Å². The Morgan fingerprint density at radius 3 is 2.15 bits per heavy atom. The maximum atomic E-state index is 12.5. The van der Waals surface area contributed by atoms with Crippen molar-refractivity contribution in [3.05, 3.63) is 59.7 Å². The lowest BCUT2D eigenvalue weighted by atomic mass is 9.89. The van der Waals surface area contributed by atoms with E-state index >= 15 is 0 Å². The van der Waals surface area contributed by atoms with E-state index in [0.717, 1.165) is 22.3 Å². The van der Waals surface area contributed by atoms with Crippen LogP contribution in [0.3, 0.4) is 0 Å². The van der Waals surface area contributed by atoms with Crippen LogP contribution in [0.4, 0.5) is 4.79 Å². The molecular formula is C26H30N2O6. The highest BCUT2D eigenvalue weighted by Gasteiger charge is 2.50. The Morgan fingerprint density at radius 1 is 1.06 bits per heavy atom. The summed E-state index contributed by atoms with van der Waals surface area (Å²) in [5.41, 5.74) is 2.73. The average molecular weight is 467 g/mol. The first-order valence-corrected chi connectivity index (χ1v) is 11.5. The van der Waals surface area contributed by atoms with Gasteiger partial charge >= 0.3 is 12.1 Å². The Kier molecular flexibility index (Phi) is 6.61. The number of nitrogens with zero attached hydrogens (tertiary/aromatic N) is 1. The minimum atomic E-state index is -1.86. The molecule has 0 spiro atoms. The Balaban J connectivity index is 1.29. The summed E-state index contributed by atoms with van der Waals surface area (Å²) in [5, 5.41) is 21.6. The zero-order valence-corrected chi connectivity index (χ0v) is 19.4. The van der Waals surface area contributed by atoms with E-state index < -0.39 is 17.7 Å². The number of benzene rings is 2. The number of likely N-dealkylation sites (tertiary alicyclic amines) is 1. The average Bonchev–Trinajstić information content (AvgIpc) is 3.11. The lowest BCUT2D eigenvalue weighted by Gasteiger charge is -2.43. The molecule has 1 aliphatic heterocycles. The number of hydrogen-bond donors (Lipinski definition) is 3. The molecule has 8 nitrogen and oxygen atoms in total. The number of hydrogen-bond acceptors (Lipinski definition) is 5. The van der Waals surface area contributed by atoms with Crippen molar-refractivity contribution < 1.29 is 29.3 Å². The van der Waals surface area contributed by atoms with Crippen molar-refractivity contribution >= 4 is 18.0 Å². The summed E-state index contributed by atoms with van der Waals surface area (Å²) in [4.78, 5) is 37.3. The highest BCUT2D eigenvalue weighted by molar-refractivity contribution is 5.85. The van der Waals surface area contributed by atoms with Crippen LogP contribution in [-0.4, -0.2) is 64.9 Å². The number of amides is 2. The Labute approximate surface area is 198 Å². The fourth-order valence-corrected chi connectivity index (χ4v) is 4.66. The Morgan fingerprint density at radius 2 is 1.62 bits per heavy atom. The second kappa shape index (κ2) is 9.46. The lowest BCUT2D eigenvalue weighted by Crippen LogP contribution is -2.67. The molecule has 3 N–H and O–H groups in total. The standard InChI is InChI=1S/C26H30N2O6/c1-16(2)17(11-23(29)28-14-26(33,15-28)24(30)31)12-27-25(32)34-13-22-20-9-5-3-7-18(20)19-8-4-6-10-21(19)22/h3-10,16-17,22,33H,11-15H2,1-2H3,(H,27,32)(H,30,31). The number of carbonyl (C=O) groups is 3. The SMILES string of the molecule is CC(C)C(CNC(=O)OCC1c2ccccc2-c2ccccc21)CC(=O)N1CC(O)(C(=O)O)C1. The number of carbonyl (C=O) groups excluding carboxylic acids is 2. The van der Waals surface area contributed by atoms with E-state index in [-0.39, 0.29) is 56.3 Å². The first-order chi connectivity index (χ1) is 16.2. The van der Waals surface area contributed by atoms with Crippen molar-refractivity contribution in [1.82, 2.24) is 10.2 Å². The molecule has 0 radical (unpaired) electrons. The molecule has 0 aromatic heterocycles. The first-order valence-electron chi connectivity index (χ1n) is 11.5. The van der Waals surface area contributed by atoms with Crippen LogP contribution < -0.4 is 5.32 Å². The maximum absolute atomic E-state index is 12.5. The van der Waals surface area contributed by atoms with Crippen molar-refractivity contribution in [2.75, 3.05) is 26.2 Å². The molecule has 2 aromatic carbocycles. The van der Waals surface area contributed by atoms with E-state index in [9.17, 15) is 19.5 Å². The van der Waals surface area contributed by atoms with Crippen LogP contribution in [0.15, 0.2) is 48.5 Å². The van der Waals surface area contributed by atoms with Gasteiger partial charge in [-0.15, -0.1) is 0 Å². The molecule has 2 aliphatic rings. The number of ether oxygens (including phenoxy) is 1. The highest BCUT2D eigenvalue weighted by Crippen LogP contribution is 2.44. The van der Waals surface area contributed by atoms with Crippen LogP contribution in [0.5, 0.6) is 0 Å². The zero-order chi connectivity index (χ0) is 24.5. The van der Waals surface area contributed by atoms with Gasteiger partial charge in [0.25, 0.3) is 0 Å². The summed E-state index contributed by atoms with van der Waals surface area (Å²) in [5.74, 6) is -1.63. The van der Waals surface area contributed by atoms with Crippen molar-refractivity contribution in [2.24, 2.45) is 11.8 Å². The minimum Gasteiger partial charge on any atom is -0.479 e. The molecule has 1 atom stereocenters. The van der Waals surface area contributed by atoms with Gasteiger partial charge in [-0.25, -0.2) is 9.59 Å². The molecule has 2 aromatic rings. The summed E-state index contributed by atoms with van der Waals surface area (Å²) in [6.45, 7) is 3.96. The second-order valence-corrected chi connectivity index (χ2v) is 9.50. The molecule has 1 unspecified atom stereocenters. The molecule has 8 heteroatoms. The number of β-amino-alcohol motifs (C(OH)–C–C–N with tert-alkyl or cyclic N) is 1.